The van der Waals surface area contributed by atoms with Crippen molar-refractivity contribution in [3.05, 3.63) is 114 Å². The lowest BCUT2D eigenvalue weighted by Gasteiger charge is -2.26. The van der Waals surface area contributed by atoms with Gasteiger partial charge in [-0.1, -0.05) is 65.7 Å². The summed E-state index contributed by atoms with van der Waals surface area (Å²) in [5, 5.41) is 20.4. The number of aromatic hydroxyl groups is 1. The molecule has 0 aliphatic carbocycles. The summed E-state index contributed by atoms with van der Waals surface area (Å²) in [5.74, 6) is 0.822. The number of carboxylic acid groups (broad SMARTS) is 1. The number of methoxy groups -OCH3 is 1. The number of hydrogen-bond donors (Lipinski definition) is 2. The fraction of sp³-hybridized carbons (Fsp3) is 0.219. The van der Waals surface area contributed by atoms with Crippen LogP contribution in [0.25, 0.3) is 0 Å². The van der Waals surface area contributed by atoms with E-state index >= 15 is 0 Å². The summed E-state index contributed by atoms with van der Waals surface area (Å²) in [5.41, 5.74) is 5.20. The maximum atomic E-state index is 11.3. The molecule has 1 atom stereocenters. The fourth-order valence-electron chi connectivity index (χ4n) is 4.77. The number of aryl methyl sites for hydroxylation is 1. The van der Waals surface area contributed by atoms with Crippen LogP contribution in [-0.4, -0.2) is 23.3 Å². The van der Waals surface area contributed by atoms with Gasteiger partial charge in [-0.25, -0.2) is 0 Å². The molecule has 0 aliphatic rings. The van der Waals surface area contributed by atoms with Crippen LogP contribution in [0.2, 0.25) is 0 Å². The summed E-state index contributed by atoms with van der Waals surface area (Å²) < 4.78 is 14.5. The first-order valence-corrected chi connectivity index (χ1v) is 15.0. The molecule has 8 heteroatoms. The number of halogens is 3. The van der Waals surface area contributed by atoms with E-state index in [4.69, 9.17) is 9.47 Å². The average Bonchev–Trinajstić information content (AvgIpc) is 2.87. The van der Waals surface area contributed by atoms with E-state index in [1.807, 2.05) is 49.4 Å². The number of phenolic OH excluding ortho intramolecular Hbond substituents is 1. The molecule has 208 valence electrons. The molecule has 0 fully saturated rings. The largest absolute Gasteiger partial charge is 0.508 e. The number of hydrogen-bond acceptors (Lipinski definition) is 4. The third kappa shape index (κ3) is 6.73. The monoisotopic (exact) mass is 730 g/mol. The number of carbonyl (C=O) groups is 1. The van der Waals surface area contributed by atoms with Crippen LogP contribution in [0.5, 0.6) is 23.0 Å². The van der Waals surface area contributed by atoms with Crippen molar-refractivity contribution >= 4 is 53.8 Å². The lowest BCUT2D eigenvalue weighted by Crippen LogP contribution is -2.08. The molecular weight excluding hydrogens is 704 g/mol. The van der Waals surface area contributed by atoms with Crippen molar-refractivity contribution in [2.45, 2.75) is 39.0 Å². The molecule has 4 rings (SSSR count). The van der Waals surface area contributed by atoms with Crippen molar-refractivity contribution in [2.75, 3.05) is 7.11 Å². The number of aliphatic carboxylic acids is 1. The first kappa shape index (κ1) is 30.2. The lowest BCUT2D eigenvalue weighted by atomic mass is 9.82. The van der Waals surface area contributed by atoms with Gasteiger partial charge >= 0.3 is 5.97 Å². The summed E-state index contributed by atoms with van der Waals surface area (Å²) in [6.45, 7) is 6.22. The van der Waals surface area contributed by atoms with Gasteiger partial charge in [0.2, 0.25) is 0 Å². The maximum absolute atomic E-state index is 11.3. The number of rotatable bonds is 9. The topological polar surface area (TPSA) is 76.0 Å². The highest BCUT2D eigenvalue weighted by Crippen LogP contribution is 2.48. The minimum atomic E-state index is -0.915. The molecular formula is C32H29Br3O5. The molecule has 2 N–H and O–H groups in total. The quantitative estimate of drug-likeness (QED) is 0.168. The molecule has 0 bridgehead atoms. The van der Waals surface area contributed by atoms with Gasteiger partial charge in [-0.15, -0.1) is 0 Å². The van der Waals surface area contributed by atoms with Gasteiger partial charge in [0.05, 0.1) is 22.5 Å². The van der Waals surface area contributed by atoms with Crippen molar-refractivity contribution in [2.24, 2.45) is 0 Å². The first-order chi connectivity index (χ1) is 19.0. The van der Waals surface area contributed by atoms with E-state index in [1.165, 1.54) is 0 Å². The Morgan fingerprint density at radius 1 is 0.875 bits per heavy atom. The smallest absolute Gasteiger partial charge is 0.307 e. The van der Waals surface area contributed by atoms with Crippen molar-refractivity contribution in [3.63, 3.8) is 0 Å². The van der Waals surface area contributed by atoms with E-state index in [9.17, 15) is 15.0 Å². The highest BCUT2D eigenvalue weighted by Gasteiger charge is 2.27. The molecule has 4 aromatic rings. The van der Waals surface area contributed by atoms with Gasteiger partial charge in [0.1, 0.15) is 17.2 Å². The summed E-state index contributed by atoms with van der Waals surface area (Å²) in [7, 11) is 1.65. The number of carboxylic acids is 1. The van der Waals surface area contributed by atoms with Crippen LogP contribution in [0, 0.1) is 6.92 Å². The van der Waals surface area contributed by atoms with E-state index in [-0.39, 0.29) is 24.0 Å². The molecule has 1 unspecified atom stereocenters. The van der Waals surface area contributed by atoms with Gasteiger partial charge in [-0.2, -0.15) is 0 Å². The molecule has 0 heterocycles. The summed E-state index contributed by atoms with van der Waals surface area (Å²) >= 11 is 10.6. The Bertz CT molecular complexity index is 1540. The number of ether oxygens (including phenoxy) is 2. The van der Waals surface area contributed by atoms with Crippen LogP contribution in [0.15, 0.2) is 80.1 Å². The third-order valence-electron chi connectivity index (χ3n) is 6.60. The Labute approximate surface area is 259 Å². The van der Waals surface area contributed by atoms with Gasteiger partial charge in [0.25, 0.3) is 0 Å². The lowest BCUT2D eigenvalue weighted by molar-refractivity contribution is -0.136. The normalized spacial score (nSPS) is 11.9. The van der Waals surface area contributed by atoms with Crippen LogP contribution >= 0.6 is 47.8 Å². The van der Waals surface area contributed by atoms with E-state index in [2.05, 4.69) is 67.7 Å². The first-order valence-electron chi connectivity index (χ1n) is 12.6. The zero-order valence-corrected chi connectivity index (χ0v) is 27.2. The van der Waals surface area contributed by atoms with Crippen molar-refractivity contribution in [1.82, 2.24) is 0 Å². The van der Waals surface area contributed by atoms with Crippen molar-refractivity contribution in [3.8, 4) is 23.0 Å². The SMILES string of the molecule is COc1cc(C(c2cccc(C)c2)c2ccc(Br)cc2O)c(Oc2c(Br)cc(CC(=O)O)cc2Br)cc1C(C)C. The summed E-state index contributed by atoms with van der Waals surface area (Å²) in [4.78, 5) is 11.3. The fourth-order valence-corrected chi connectivity index (χ4v) is 6.56. The average molecular weight is 733 g/mol. The highest BCUT2D eigenvalue weighted by molar-refractivity contribution is 9.11. The minimum Gasteiger partial charge on any atom is -0.508 e. The van der Waals surface area contributed by atoms with Gasteiger partial charge in [-0.3, -0.25) is 4.79 Å². The molecule has 0 radical (unpaired) electrons. The van der Waals surface area contributed by atoms with Crippen LogP contribution in [-0.2, 0) is 11.2 Å². The summed E-state index contributed by atoms with van der Waals surface area (Å²) in [6, 6.07) is 21.2. The molecule has 0 saturated heterocycles. The van der Waals surface area contributed by atoms with Gasteiger partial charge < -0.3 is 19.7 Å². The molecule has 0 amide bonds. The van der Waals surface area contributed by atoms with Crippen molar-refractivity contribution in [1.29, 1.82) is 0 Å². The van der Waals surface area contributed by atoms with Crippen LogP contribution in [0.1, 0.15) is 59.1 Å². The predicted octanol–water partition coefficient (Wildman–Crippen LogP) is 9.72. The predicted molar refractivity (Wildman–Crippen MR) is 168 cm³/mol. The van der Waals surface area contributed by atoms with Gasteiger partial charge in [0, 0.05) is 27.1 Å². The van der Waals surface area contributed by atoms with Crippen LogP contribution < -0.4 is 9.47 Å². The minimum absolute atomic E-state index is 0.110. The molecule has 40 heavy (non-hydrogen) atoms. The molecule has 0 aromatic heterocycles. The third-order valence-corrected chi connectivity index (χ3v) is 8.27. The second-order valence-corrected chi connectivity index (χ2v) is 12.5. The Balaban J connectivity index is 1.99. The number of phenols is 1. The van der Waals surface area contributed by atoms with Gasteiger partial charge in [-0.05, 0) is 92.2 Å². The second kappa shape index (κ2) is 12.8. The van der Waals surface area contributed by atoms with Crippen LogP contribution in [0.3, 0.4) is 0 Å². The Hall–Kier alpha value is -2.81. The zero-order valence-electron chi connectivity index (χ0n) is 22.5. The Morgan fingerprint density at radius 2 is 1.55 bits per heavy atom. The second-order valence-electron chi connectivity index (χ2n) is 9.90. The number of benzene rings is 4. The molecule has 0 saturated carbocycles. The van der Waals surface area contributed by atoms with E-state index in [1.54, 1.807) is 25.3 Å². The zero-order chi connectivity index (χ0) is 29.1. The van der Waals surface area contributed by atoms with E-state index in [0.29, 0.717) is 31.6 Å². The van der Waals surface area contributed by atoms with Crippen molar-refractivity contribution < 1.29 is 24.5 Å². The molecule has 0 spiro atoms. The molecule has 4 aromatic carbocycles. The van der Waals surface area contributed by atoms with Crippen LogP contribution in [0.4, 0.5) is 0 Å². The Kier molecular flexibility index (Phi) is 9.64. The standard InChI is InChI=1S/C32H29Br3O5/c1-17(2)23-15-29(40-32-25(34)11-19(12-26(32)35)13-30(37)38)24(16-28(23)39-4)31(20-7-5-6-18(3)10-20)22-9-8-21(33)14-27(22)36/h5-12,14-17,31,36H,13H2,1-4H3,(H,37,38). The molecule has 0 aliphatic heterocycles. The Morgan fingerprint density at radius 3 is 2.12 bits per heavy atom. The highest BCUT2D eigenvalue weighted by atomic mass is 79.9. The summed E-state index contributed by atoms with van der Waals surface area (Å²) in [6.07, 6.45) is -0.110. The molecule has 5 nitrogen and oxygen atoms in total. The van der Waals surface area contributed by atoms with E-state index < -0.39 is 5.97 Å². The van der Waals surface area contributed by atoms with Gasteiger partial charge in [0.15, 0.2) is 5.75 Å². The maximum Gasteiger partial charge on any atom is 0.307 e. The van der Waals surface area contributed by atoms with E-state index in [0.717, 1.165) is 32.5 Å².